The van der Waals surface area contributed by atoms with E-state index in [9.17, 15) is 13.6 Å². The molecule has 0 spiro atoms. The third kappa shape index (κ3) is 4.82. The van der Waals surface area contributed by atoms with Crippen molar-refractivity contribution < 1.29 is 22.7 Å². The van der Waals surface area contributed by atoms with Gasteiger partial charge in [-0.15, -0.1) is 23.5 Å². The summed E-state index contributed by atoms with van der Waals surface area (Å²) in [5, 5.41) is 0. The topological polar surface area (TPSA) is 52.3 Å². The Morgan fingerprint density at radius 3 is 2.48 bits per heavy atom. The molecule has 0 atom stereocenters. The van der Waals surface area contributed by atoms with Gasteiger partial charge in [0, 0.05) is 17.9 Å². The van der Waals surface area contributed by atoms with Gasteiger partial charge in [-0.25, -0.2) is 13.8 Å². The fraction of sp³-hybridized carbons (Fsp3) is 0.238. The van der Waals surface area contributed by atoms with Crippen LogP contribution < -0.4 is 4.74 Å². The number of aromatic nitrogens is 1. The fourth-order valence-corrected chi connectivity index (χ4v) is 5.77. The second kappa shape index (κ2) is 9.00. The van der Waals surface area contributed by atoms with Crippen molar-refractivity contribution in [2.24, 2.45) is 0 Å². The van der Waals surface area contributed by atoms with Crippen molar-refractivity contribution in [3.63, 3.8) is 0 Å². The number of ether oxygens (including phenoxy) is 1. The maximum absolute atomic E-state index is 13.8. The number of carbonyl (C=O) groups is 1. The van der Waals surface area contributed by atoms with E-state index in [-0.39, 0.29) is 30.1 Å². The summed E-state index contributed by atoms with van der Waals surface area (Å²) < 4.78 is 38.8. The lowest BCUT2D eigenvalue weighted by Crippen LogP contribution is -2.09. The van der Waals surface area contributed by atoms with Crippen LogP contribution in [0.1, 0.15) is 22.5 Å². The molecule has 3 aromatic rings. The number of rotatable bonds is 6. The van der Waals surface area contributed by atoms with Crippen molar-refractivity contribution >= 4 is 29.5 Å². The molecule has 1 fully saturated rings. The van der Waals surface area contributed by atoms with Crippen LogP contribution >= 0.6 is 23.5 Å². The minimum Gasteiger partial charge on any atom is -0.441 e. The highest BCUT2D eigenvalue weighted by Crippen LogP contribution is 2.45. The van der Waals surface area contributed by atoms with Gasteiger partial charge in [0.15, 0.2) is 11.7 Å². The van der Waals surface area contributed by atoms with Crippen molar-refractivity contribution in [3.05, 3.63) is 71.8 Å². The second-order valence-electron chi connectivity index (χ2n) is 6.33. The molecule has 1 saturated heterocycles. The van der Waals surface area contributed by atoms with Gasteiger partial charge in [0.2, 0.25) is 0 Å². The zero-order valence-electron chi connectivity index (χ0n) is 15.3. The monoisotopic (exact) mass is 433 g/mol. The molecule has 1 aliphatic rings. The van der Waals surface area contributed by atoms with E-state index in [0.717, 1.165) is 23.6 Å². The maximum atomic E-state index is 13.8. The highest BCUT2D eigenvalue weighted by atomic mass is 32.2. The molecule has 8 heteroatoms. The Kier molecular flexibility index (Phi) is 6.20. The summed E-state index contributed by atoms with van der Waals surface area (Å²) in [5.74, 6) is 1.09. The third-order valence-electron chi connectivity index (χ3n) is 4.31. The maximum Gasteiger partial charge on any atom is 0.311 e. The van der Waals surface area contributed by atoms with Crippen LogP contribution in [0.5, 0.6) is 5.75 Å². The Hall–Kier alpha value is -2.32. The van der Waals surface area contributed by atoms with E-state index < -0.39 is 17.6 Å². The molecule has 0 amide bonds. The summed E-state index contributed by atoms with van der Waals surface area (Å²) in [6.45, 7) is 0. The summed E-state index contributed by atoms with van der Waals surface area (Å²) in [4.78, 5) is 16.1. The van der Waals surface area contributed by atoms with Gasteiger partial charge in [-0.1, -0.05) is 18.2 Å². The fourth-order valence-electron chi connectivity index (χ4n) is 2.91. The molecular weight excluding hydrogens is 416 g/mol. The van der Waals surface area contributed by atoms with Crippen LogP contribution in [0, 0.1) is 11.6 Å². The zero-order valence-corrected chi connectivity index (χ0v) is 16.9. The molecule has 2 heterocycles. The zero-order chi connectivity index (χ0) is 20.2. The smallest absolute Gasteiger partial charge is 0.311 e. The number of esters is 1. The van der Waals surface area contributed by atoms with Crippen molar-refractivity contribution in [2.75, 3.05) is 11.5 Å². The van der Waals surface area contributed by atoms with Crippen LogP contribution in [0.3, 0.4) is 0 Å². The molecule has 29 heavy (non-hydrogen) atoms. The predicted octanol–water partition coefficient (Wildman–Crippen LogP) is 5.64. The Balaban J connectivity index is 1.32. The first-order valence-electron chi connectivity index (χ1n) is 9.03. The summed E-state index contributed by atoms with van der Waals surface area (Å²) in [5.41, 5.74) is 0.942. The lowest BCUT2D eigenvalue weighted by atomic mass is 10.1. The molecule has 150 valence electrons. The van der Waals surface area contributed by atoms with Gasteiger partial charge in [-0.3, -0.25) is 4.79 Å². The van der Waals surface area contributed by atoms with E-state index in [1.165, 1.54) is 17.8 Å². The number of oxazole rings is 1. The lowest BCUT2D eigenvalue weighted by Gasteiger charge is -2.09. The Morgan fingerprint density at radius 2 is 1.79 bits per heavy atom. The van der Waals surface area contributed by atoms with E-state index in [1.54, 1.807) is 12.1 Å². The van der Waals surface area contributed by atoms with E-state index in [4.69, 9.17) is 9.15 Å². The van der Waals surface area contributed by atoms with Crippen LogP contribution in [0.2, 0.25) is 0 Å². The van der Waals surface area contributed by atoms with Gasteiger partial charge in [-0.05, 0) is 29.8 Å². The average molecular weight is 434 g/mol. The van der Waals surface area contributed by atoms with Gasteiger partial charge >= 0.3 is 5.97 Å². The minimum absolute atomic E-state index is 0.0118. The van der Waals surface area contributed by atoms with Crippen LogP contribution in [0.15, 0.2) is 53.1 Å². The van der Waals surface area contributed by atoms with Gasteiger partial charge < -0.3 is 9.15 Å². The molecule has 1 aliphatic heterocycles. The SMILES string of the molecule is O=C(CCc1ncc(-c2c(F)cccc2F)o1)Oc1ccc(C2SCCS2)cc1. The van der Waals surface area contributed by atoms with Crippen LogP contribution in [-0.4, -0.2) is 22.5 Å². The summed E-state index contributed by atoms with van der Waals surface area (Å²) in [7, 11) is 0. The average Bonchev–Trinajstić information content (AvgIpc) is 3.39. The number of hydrogen-bond acceptors (Lipinski definition) is 6. The molecule has 0 bridgehead atoms. The van der Waals surface area contributed by atoms with E-state index in [0.29, 0.717) is 10.3 Å². The van der Waals surface area contributed by atoms with Gasteiger partial charge in [0.25, 0.3) is 0 Å². The first-order chi connectivity index (χ1) is 14.1. The Bertz CT molecular complexity index is 981. The predicted molar refractivity (Wildman–Crippen MR) is 110 cm³/mol. The molecule has 0 aliphatic carbocycles. The number of nitrogens with zero attached hydrogens (tertiary/aromatic N) is 1. The first-order valence-corrected chi connectivity index (χ1v) is 11.1. The normalized spacial score (nSPS) is 14.3. The largest absolute Gasteiger partial charge is 0.441 e. The number of carbonyl (C=O) groups excluding carboxylic acids is 1. The number of halogens is 2. The van der Waals surface area contributed by atoms with E-state index >= 15 is 0 Å². The van der Waals surface area contributed by atoms with Gasteiger partial charge in [0.05, 0.1) is 22.8 Å². The summed E-state index contributed by atoms with van der Waals surface area (Å²) in [6, 6.07) is 11.1. The van der Waals surface area contributed by atoms with Crippen molar-refractivity contribution in [1.29, 1.82) is 0 Å². The molecule has 4 nitrogen and oxygen atoms in total. The van der Waals surface area contributed by atoms with Gasteiger partial charge in [-0.2, -0.15) is 0 Å². The first kappa shape index (κ1) is 20.0. The molecule has 0 radical (unpaired) electrons. The number of aryl methyl sites for hydroxylation is 1. The summed E-state index contributed by atoms with van der Waals surface area (Å²) in [6.07, 6.45) is 1.46. The summed E-state index contributed by atoms with van der Waals surface area (Å²) >= 11 is 3.83. The van der Waals surface area contributed by atoms with Crippen molar-refractivity contribution in [3.8, 4) is 17.1 Å². The highest BCUT2D eigenvalue weighted by Gasteiger charge is 2.19. The molecular formula is C21H17F2NO3S2. The number of thioether (sulfide) groups is 2. The highest BCUT2D eigenvalue weighted by molar-refractivity contribution is 8.19. The third-order valence-corrected chi connectivity index (χ3v) is 7.42. The molecule has 4 rings (SSSR count). The minimum atomic E-state index is -0.732. The van der Waals surface area contributed by atoms with Crippen LogP contribution in [-0.2, 0) is 11.2 Å². The molecule has 0 saturated carbocycles. The van der Waals surface area contributed by atoms with Crippen LogP contribution in [0.25, 0.3) is 11.3 Å². The molecule has 0 unspecified atom stereocenters. The molecule has 2 aromatic carbocycles. The Morgan fingerprint density at radius 1 is 1.10 bits per heavy atom. The van der Waals surface area contributed by atoms with Crippen molar-refractivity contribution in [1.82, 2.24) is 4.98 Å². The number of benzene rings is 2. The standard InChI is InChI=1S/C21H17F2NO3S2/c22-15-2-1-3-16(23)20(15)17-12-24-18(27-17)8-9-19(25)26-14-6-4-13(5-7-14)21-28-10-11-29-21/h1-7,12,21H,8-11H2. The van der Waals surface area contributed by atoms with Gasteiger partial charge in [0.1, 0.15) is 17.4 Å². The number of hydrogen-bond donors (Lipinski definition) is 0. The Labute approximate surface area is 175 Å². The molecule has 0 N–H and O–H groups in total. The lowest BCUT2D eigenvalue weighted by molar-refractivity contribution is -0.134. The quantitative estimate of drug-likeness (QED) is 0.371. The second-order valence-corrected chi connectivity index (χ2v) is 9.06. The van der Waals surface area contributed by atoms with E-state index in [1.807, 2.05) is 35.7 Å². The molecule has 1 aromatic heterocycles. The van der Waals surface area contributed by atoms with E-state index in [2.05, 4.69) is 4.98 Å². The van der Waals surface area contributed by atoms with Crippen molar-refractivity contribution in [2.45, 2.75) is 17.4 Å². The van der Waals surface area contributed by atoms with Crippen LogP contribution in [0.4, 0.5) is 8.78 Å².